The summed E-state index contributed by atoms with van der Waals surface area (Å²) in [5.74, 6) is -0.879. The molecule has 0 aromatic heterocycles. The number of rotatable bonds is 2. The summed E-state index contributed by atoms with van der Waals surface area (Å²) in [7, 11) is 0. The predicted molar refractivity (Wildman–Crippen MR) is 62.8 cm³/mol. The van der Waals surface area contributed by atoms with Crippen molar-refractivity contribution >= 4 is 11.9 Å². The first-order valence-electron chi connectivity index (χ1n) is 5.89. The second-order valence-electron chi connectivity index (χ2n) is 4.44. The van der Waals surface area contributed by atoms with Crippen LogP contribution in [0.25, 0.3) is 0 Å². The number of carbonyl (C=O) groups excluding carboxylic acids is 2. The van der Waals surface area contributed by atoms with Crippen LogP contribution in [0.2, 0.25) is 0 Å². The van der Waals surface area contributed by atoms with Gasteiger partial charge in [-0.2, -0.15) is 0 Å². The maximum absolute atomic E-state index is 11.9. The van der Waals surface area contributed by atoms with E-state index in [1.807, 2.05) is 12.1 Å². The van der Waals surface area contributed by atoms with Gasteiger partial charge in [0.05, 0.1) is 11.5 Å². The molecule has 18 heavy (non-hydrogen) atoms. The summed E-state index contributed by atoms with van der Waals surface area (Å²) in [5.41, 5.74) is 0.509. The van der Waals surface area contributed by atoms with E-state index in [0.717, 1.165) is 0 Å². The van der Waals surface area contributed by atoms with Gasteiger partial charge in [0.25, 0.3) is 0 Å². The maximum atomic E-state index is 11.9. The standard InChI is InChI=1S/C14H12O4/c15-13(9-4-2-1-3-5-9)18-12-8-10-6-7-11(12)17-14(10)16/h1-7,10-12H,8H2. The first-order valence-corrected chi connectivity index (χ1v) is 5.89. The normalized spacial score (nSPS) is 28.9. The van der Waals surface area contributed by atoms with Crippen LogP contribution in [0.3, 0.4) is 0 Å². The van der Waals surface area contributed by atoms with Crippen LogP contribution in [0.1, 0.15) is 16.8 Å². The van der Waals surface area contributed by atoms with Gasteiger partial charge >= 0.3 is 11.9 Å². The first-order chi connectivity index (χ1) is 8.74. The van der Waals surface area contributed by atoms with Crippen molar-refractivity contribution in [3.63, 3.8) is 0 Å². The van der Waals surface area contributed by atoms with E-state index in [1.54, 1.807) is 30.3 Å². The Balaban J connectivity index is 1.70. The van der Waals surface area contributed by atoms with Crippen LogP contribution in [0, 0.1) is 5.92 Å². The summed E-state index contributed by atoms with van der Waals surface area (Å²) in [6.07, 6.45) is 3.32. The number of hydrogen-bond acceptors (Lipinski definition) is 4. The Hall–Kier alpha value is -2.10. The highest BCUT2D eigenvalue weighted by molar-refractivity contribution is 5.89. The molecule has 4 heteroatoms. The lowest BCUT2D eigenvalue weighted by atomic mass is 9.88. The summed E-state index contributed by atoms with van der Waals surface area (Å²) in [6.45, 7) is 0. The minimum atomic E-state index is -0.435. The second-order valence-corrected chi connectivity index (χ2v) is 4.44. The van der Waals surface area contributed by atoms with Gasteiger partial charge in [-0.25, -0.2) is 4.79 Å². The van der Waals surface area contributed by atoms with Gasteiger partial charge in [0.2, 0.25) is 0 Å². The lowest BCUT2D eigenvalue weighted by Gasteiger charge is -2.36. The molecule has 0 amide bonds. The van der Waals surface area contributed by atoms with Crippen molar-refractivity contribution in [1.29, 1.82) is 0 Å². The predicted octanol–water partition coefficient (Wildman–Crippen LogP) is 1.71. The van der Waals surface area contributed by atoms with Crippen LogP contribution in [0.4, 0.5) is 0 Å². The lowest BCUT2D eigenvalue weighted by Crippen LogP contribution is -2.45. The fourth-order valence-electron chi connectivity index (χ4n) is 2.24. The summed E-state index contributed by atoms with van der Waals surface area (Å²) < 4.78 is 10.5. The Morgan fingerprint density at radius 3 is 2.61 bits per heavy atom. The van der Waals surface area contributed by atoms with Crippen molar-refractivity contribution in [2.45, 2.75) is 18.6 Å². The van der Waals surface area contributed by atoms with Crippen LogP contribution >= 0.6 is 0 Å². The minimum absolute atomic E-state index is 0.227. The number of ether oxygens (including phenoxy) is 2. The number of esters is 2. The van der Waals surface area contributed by atoms with Gasteiger partial charge in [0.15, 0.2) is 6.10 Å². The monoisotopic (exact) mass is 244 g/mol. The van der Waals surface area contributed by atoms with Crippen LogP contribution < -0.4 is 0 Å². The van der Waals surface area contributed by atoms with Crippen molar-refractivity contribution < 1.29 is 19.1 Å². The van der Waals surface area contributed by atoms with Crippen molar-refractivity contribution in [2.24, 2.45) is 5.92 Å². The molecule has 1 aromatic carbocycles. The molecule has 0 spiro atoms. The summed E-state index contributed by atoms with van der Waals surface area (Å²) in [6, 6.07) is 8.80. The fraction of sp³-hybridized carbons (Fsp3) is 0.286. The molecule has 0 radical (unpaired) electrons. The van der Waals surface area contributed by atoms with E-state index >= 15 is 0 Å². The third-order valence-corrected chi connectivity index (χ3v) is 3.21. The minimum Gasteiger partial charge on any atom is -0.454 e. The second kappa shape index (κ2) is 4.29. The Morgan fingerprint density at radius 1 is 1.22 bits per heavy atom. The van der Waals surface area contributed by atoms with Gasteiger partial charge in [-0.15, -0.1) is 0 Å². The van der Waals surface area contributed by atoms with E-state index in [9.17, 15) is 9.59 Å². The Bertz CT molecular complexity index is 506. The quantitative estimate of drug-likeness (QED) is 0.587. The van der Waals surface area contributed by atoms with Gasteiger partial charge < -0.3 is 9.47 Å². The van der Waals surface area contributed by atoms with Gasteiger partial charge in [0, 0.05) is 6.42 Å². The third-order valence-electron chi connectivity index (χ3n) is 3.21. The molecule has 0 saturated carbocycles. The number of benzene rings is 1. The fourth-order valence-corrected chi connectivity index (χ4v) is 2.24. The van der Waals surface area contributed by atoms with Crippen LogP contribution in [-0.4, -0.2) is 24.1 Å². The third kappa shape index (κ3) is 1.90. The zero-order valence-electron chi connectivity index (χ0n) is 9.61. The van der Waals surface area contributed by atoms with Gasteiger partial charge in [0.1, 0.15) is 6.10 Å². The van der Waals surface area contributed by atoms with E-state index in [2.05, 4.69) is 0 Å². The van der Waals surface area contributed by atoms with Crippen LogP contribution in [0.5, 0.6) is 0 Å². The average molecular weight is 244 g/mol. The highest BCUT2D eigenvalue weighted by Gasteiger charge is 2.41. The van der Waals surface area contributed by atoms with Crippen molar-refractivity contribution in [2.75, 3.05) is 0 Å². The summed E-state index contributed by atoms with van der Waals surface area (Å²) in [4.78, 5) is 23.2. The molecule has 92 valence electrons. The number of fused-ring (bicyclic) bond motifs is 2. The van der Waals surface area contributed by atoms with E-state index in [0.29, 0.717) is 12.0 Å². The highest BCUT2D eigenvalue weighted by atomic mass is 16.6. The van der Waals surface area contributed by atoms with E-state index in [4.69, 9.17) is 9.47 Å². The summed E-state index contributed by atoms with van der Waals surface area (Å²) >= 11 is 0. The molecular weight excluding hydrogens is 232 g/mol. The molecule has 2 aliphatic heterocycles. The van der Waals surface area contributed by atoms with Crippen LogP contribution in [0.15, 0.2) is 42.5 Å². The topological polar surface area (TPSA) is 52.6 Å². The molecule has 2 bridgehead atoms. The maximum Gasteiger partial charge on any atom is 0.338 e. The summed E-state index contributed by atoms with van der Waals surface area (Å²) in [5, 5.41) is 0. The van der Waals surface area contributed by atoms with Crippen LogP contribution in [-0.2, 0) is 14.3 Å². The zero-order valence-corrected chi connectivity index (χ0v) is 9.61. The molecule has 1 fully saturated rings. The number of hydrogen-bond donors (Lipinski definition) is 0. The lowest BCUT2D eigenvalue weighted by molar-refractivity contribution is -0.167. The number of carbonyl (C=O) groups is 2. The van der Waals surface area contributed by atoms with Crippen molar-refractivity contribution in [3.8, 4) is 0 Å². The molecule has 2 heterocycles. The van der Waals surface area contributed by atoms with Crippen molar-refractivity contribution in [3.05, 3.63) is 48.0 Å². The molecule has 1 aliphatic carbocycles. The molecule has 3 atom stereocenters. The Labute approximate surface area is 104 Å². The molecular formula is C14H12O4. The van der Waals surface area contributed by atoms with E-state index in [-0.39, 0.29) is 24.0 Å². The molecule has 3 unspecified atom stereocenters. The smallest absolute Gasteiger partial charge is 0.338 e. The first kappa shape index (κ1) is 11.0. The SMILES string of the molecule is O=C(OC1CC2C=CC1OC2=O)c1ccccc1. The van der Waals surface area contributed by atoms with Crippen molar-refractivity contribution in [1.82, 2.24) is 0 Å². The van der Waals surface area contributed by atoms with E-state index in [1.165, 1.54) is 0 Å². The molecule has 1 aromatic rings. The molecule has 3 aliphatic rings. The van der Waals surface area contributed by atoms with E-state index < -0.39 is 6.10 Å². The zero-order chi connectivity index (χ0) is 12.5. The highest BCUT2D eigenvalue weighted by Crippen LogP contribution is 2.30. The van der Waals surface area contributed by atoms with Gasteiger partial charge in [-0.05, 0) is 18.2 Å². The molecule has 0 N–H and O–H groups in total. The Kier molecular flexibility index (Phi) is 2.63. The Morgan fingerprint density at radius 2 is 2.00 bits per heavy atom. The average Bonchev–Trinajstić information content (AvgIpc) is 2.41. The molecule has 4 rings (SSSR count). The molecule has 1 saturated heterocycles. The van der Waals surface area contributed by atoms with Gasteiger partial charge in [-0.1, -0.05) is 24.3 Å². The molecule has 4 nitrogen and oxygen atoms in total. The van der Waals surface area contributed by atoms with Gasteiger partial charge in [-0.3, -0.25) is 4.79 Å². The largest absolute Gasteiger partial charge is 0.454 e.